The summed E-state index contributed by atoms with van der Waals surface area (Å²) >= 11 is 2.71. The van der Waals surface area contributed by atoms with Gasteiger partial charge in [0.15, 0.2) is 11.0 Å². The molecule has 3 rings (SSSR count). The molecular weight excluding hydrogens is 434 g/mol. The molecule has 2 aromatic carbocycles. The monoisotopic (exact) mass is 457 g/mol. The van der Waals surface area contributed by atoms with Crippen molar-refractivity contribution in [2.75, 3.05) is 20.5 Å². The molecular formula is C22H23N3O4S2. The lowest BCUT2D eigenvalue weighted by molar-refractivity contribution is -0.131. The molecule has 0 spiro atoms. The van der Waals surface area contributed by atoms with Crippen LogP contribution in [0.3, 0.4) is 0 Å². The van der Waals surface area contributed by atoms with E-state index in [4.69, 9.17) is 9.47 Å². The van der Waals surface area contributed by atoms with Crippen molar-refractivity contribution in [3.63, 3.8) is 0 Å². The Morgan fingerprint density at radius 1 is 1.10 bits per heavy atom. The molecule has 1 heterocycles. The van der Waals surface area contributed by atoms with Crippen molar-refractivity contribution >= 4 is 35.6 Å². The van der Waals surface area contributed by atoms with Crippen molar-refractivity contribution in [2.24, 2.45) is 0 Å². The van der Waals surface area contributed by atoms with Gasteiger partial charge in [-0.1, -0.05) is 12.1 Å². The summed E-state index contributed by atoms with van der Waals surface area (Å²) in [6, 6.07) is 13.2. The van der Waals surface area contributed by atoms with Crippen LogP contribution < -0.4 is 9.47 Å². The zero-order valence-electron chi connectivity index (χ0n) is 17.7. The minimum atomic E-state index is -1.02. The predicted octanol–water partition coefficient (Wildman–Crippen LogP) is 4.92. The highest BCUT2D eigenvalue weighted by Gasteiger charge is 2.19. The number of ether oxygens (including phenoxy) is 2. The molecule has 9 heteroatoms. The number of benzene rings is 2. The van der Waals surface area contributed by atoms with Crippen molar-refractivity contribution in [3.05, 3.63) is 52.9 Å². The minimum absolute atomic E-state index is 0.161. The molecule has 0 bridgehead atoms. The van der Waals surface area contributed by atoms with E-state index in [1.165, 1.54) is 0 Å². The Kier molecular flexibility index (Phi) is 7.64. The second-order valence-corrected chi connectivity index (χ2v) is 8.23. The summed E-state index contributed by atoms with van der Waals surface area (Å²) in [6.45, 7) is 2.53. The van der Waals surface area contributed by atoms with Gasteiger partial charge in [0, 0.05) is 23.1 Å². The Bertz CT molecular complexity index is 1070. The van der Waals surface area contributed by atoms with Crippen molar-refractivity contribution in [1.82, 2.24) is 14.8 Å². The second kappa shape index (κ2) is 10.4. The van der Waals surface area contributed by atoms with Gasteiger partial charge in [-0.15, -0.1) is 22.0 Å². The highest BCUT2D eigenvalue weighted by molar-refractivity contribution is 8.04. The zero-order chi connectivity index (χ0) is 22.4. The first-order valence-corrected chi connectivity index (χ1v) is 11.5. The van der Waals surface area contributed by atoms with Gasteiger partial charge < -0.3 is 19.1 Å². The topological polar surface area (TPSA) is 86.5 Å². The van der Waals surface area contributed by atoms with Gasteiger partial charge in [-0.05, 0) is 60.8 Å². The molecule has 0 aliphatic carbocycles. The van der Waals surface area contributed by atoms with Crippen LogP contribution in [-0.4, -0.2) is 46.3 Å². The van der Waals surface area contributed by atoms with E-state index < -0.39 is 5.97 Å². The van der Waals surface area contributed by atoms with E-state index >= 15 is 0 Å². The third-order valence-corrected chi connectivity index (χ3v) is 6.21. The fraction of sp³-hybridized carbons (Fsp3) is 0.227. The molecule has 3 aromatic rings. The second-order valence-electron chi connectivity index (χ2n) is 6.34. The summed E-state index contributed by atoms with van der Waals surface area (Å²) in [6.07, 6.45) is 3.64. The van der Waals surface area contributed by atoms with Crippen LogP contribution >= 0.6 is 23.5 Å². The van der Waals surface area contributed by atoms with Crippen LogP contribution in [-0.2, 0) is 11.3 Å². The maximum absolute atomic E-state index is 11.9. The molecule has 0 radical (unpaired) electrons. The summed E-state index contributed by atoms with van der Waals surface area (Å²) in [4.78, 5) is 13.2. The molecule has 0 amide bonds. The molecule has 1 N–H and O–H groups in total. The number of carbonyl (C=O) groups is 1. The Hall–Kier alpha value is -2.91. The first-order chi connectivity index (χ1) is 15.0. The standard InChI is InChI=1S/C22H23N3O4S2/c1-5-25-20(15-11-16(28-2)13-17(12-15)29-3)23-24-22(25)31-19(21(26)27)10-14-6-8-18(30-4)9-7-14/h6-13H,5H2,1-4H3,(H,26,27)/b19-10-. The van der Waals surface area contributed by atoms with Crippen LogP contribution in [0.2, 0.25) is 0 Å². The molecule has 1 aromatic heterocycles. The Morgan fingerprint density at radius 2 is 1.74 bits per heavy atom. The Morgan fingerprint density at radius 3 is 2.26 bits per heavy atom. The number of rotatable bonds is 9. The van der Waals surface area contributed by atoms with E-state index in [2.05, 4.69) is 10.2 Å². The van der Waals surface area contributed by atoms with Crippen molar-refractivity contribution in [1.29, 1.82) is 0 Å². The van der Waals surface area contributed by atoms with Crippen LogP contribution in [0.25, 0.3) is 17.5 Å². The van der Waals surface area contributed by atoms with Gasteiger partial charge in [-0.3, -0.25) is 0 Å². The summed E-state index contributed by atoms with van der Waals surface area (Å²) in [5.41, 5.74) is 1.58. The third kappa shape index (κ3) is 5.42. The first kappa shape index (κ1) is 22.8. The zero-order valence-corrected chi connectivity index (χ0v) is 19.3. The van der Waals surface area contributed by atoms with E-state index in [1.54, 1.807) is 38.1 Å². The van der Waals surface area contributed by atoms with Crippen LogP contribution in [0.5, 0.6) is 11.5 Å². The fourth-order valence-electron chi connectivity index (χ4n) is 2.88. The van der Waals surface area contributed by atoms with Crippen molar-refractivity contribution in [3.8, 4) is 22.9 Å². The summed E-state index contributed by atoms with van der Waals surface area (Å²) in [7, 11) is 3.17. The number of hydrogen-bond acceptors (Lipinski definition) is 7. The molecule has 0 atom stereocenters. The maximum Gasteiger partial charge on any atom is 0.342 e. The van der Waals surface area contributed by atoms with Gasteiger partial charge in [0.2, 0.25) is 0 Å². The maximum atomic E-state index is 11.9. The molecule has 0 saturated carbocycles. The molecule has 0 aliphatic heterocycles. The predicted molar refractivity (Wildman–Crippen MR) is 124 cm³/mol. The van der Waals surface area contributed by atoms with Gasteiger partial charge in [0.05, 0.1) is 14.2 Å². The van der Waals surface area contributed by atoms with Gasteiger partial charge >= 0.3 is 5.97 Å². The molecule has 31 heavy (non-hydrogen) atoms. The summed E-state index contributed by atoms with van der Waals surface area (Å²) < 4.78 is 12.6. The van der Waals surface area contributed by atoms with Gasteiger partial charge in [-0.2, -0.15) is 0 Å². The van der Waals surface area contributed by atoms with Crippen LogP contribution in [0.1, 0.15) is 12.5 Å². The van der Waals surface area contributed by atoms with Crippen molar-refractivity contribution < 1.29 is 19.4 Å². The van der Waals surface area contributed by atoms with Crippen LogP contribution in [0.15, 0.2) is 57.4 Å². The van der Waals surface area contributed by atoms with Crippen molar-refractivity contribution in [2.45, 2.75) is 23.5 Å². The number of carboxylic acid groups (broad SMARTS) is 1. The van der Waals surface area contributed by atoms with E-state index in [9.17, 15) is 9.90 Å². The van der Waals surface area contributed by atoms with E-state index in [0.717, 1.165) is 27.8 Å². The molecule has 7 nitrogen and oxygen atoms in total. The lowest BCUT2D eigenvalue weighted by Gasteiger charge is -2.10. The van der Waals surface area contributed by atoms with Crippen LogP contribution in [0, 0.1) is 0 Å². The minimum Gasteiger partial charge on any atom is -0.497 e. The molecule has 0 fully saturated rings. The van der Waals surface area contributed by atoms with Gasteiger partial charge in [-0.25, -0.2) is 4.79 Å². The molecule has 0 saturated heterocycles. The lowest BCUT2D eigenvalue weighted by Crippen LogP contribution is -2.03. The first-order valence-electron chi connectivity index (χ1n) is 9.42. The number of hydrogen-bond donors (Lipinski definition) is 1. The summed E-state index contributed by atoms with van der Waals surface area (Å²) in [5.74, 6) is 0.855. The van der Waals surface area contributed by atoms with E-state index in [0.29, 0.717) is 29.0 Å². The number of nitrogens with zero attached hydrogens (tertiary/aromatic N) is 3. The number of methoxy groups -OCH3 is 2. The summed E-state index contributed by atoms with van der Waals surface area (Å²) in [5, 5.41) is 18.8. The lowest BCUT2D eigenvalue weighted by atomic mass is 10.2. The van der Waals surface area contributed by atoms with Gasteiger partial charge in [0.25, 0.3) is 0 Å². The van der Waals surface area contributed by atoms with Crippen LogP contribution in [0.4, 0.5) is 0 Å². The average Bonchev–Trinajstić information content (AvgIpc) is 3.21. The third-order valence-electron chi connectivity index (χ3n) is 4.47. The highest BCUT2D eigenvalue weighted by atomic mass is 32.2. The number of carboxylic acids is 1. The molecule has 162 valence electrons. The quantitative estimate of drug-likeness (QED) is 0.358. The smallest absolute Gasteiger partial charge is 0.342 e. The molecule has 0 aliphatic rings. The van der Waals surface area contributed by atoms with E-state index in [1.807, 2.05) is 54.1 Å². The SMILES string of the molecule is CCn1c(S/C(=C\c2ccc(SC)cc2)C(=O)O)nnc1-c1cc(OC)cc(OC)c1. The number of aliphatic carboxylic acids is 1. The Balaban J connectivity index is 1.97. The fourth-order valence-corrected chi connectivity index (χ4v) is 4.18. The molecule has 0 unspecified atom stereocenters. The highest BCUT2D eigenvalue weighted by Crippen LogP contribution is 2.33. The van der Waals surface area contributed by atoms with E-state index in [-0.39, 0.29) is 4.91 Å². The largest absolute Gasteiger partial charge is 0.497 e. The number of thioether (sulfide) groups is 2. The van der Waals surface area contributed by atoms with Gasteiger partial charge in [0.1, 0.15) is 16.4 Å². The Labute approximate surface area is 189 Å². The average molecular weight is 458 g/mol. The number of aromatic nitrogens is 3. The normalized spacial score (nSPS) is 11.4.